The first-order chi connectivity index (χ1) is 10.0. The van der Waals surface area contributed by atoms with E-state index >= 15 is 0 Å². The van der Waals surface area contributed by atoms with Crippen molar-refractivity contribution in [2.24, 2.45) is 0 Å². The number of pyridine rings is 1. The van der Waals surface area contributed by atoms with Gasteiger partial charge in [0.25, 0.3) is 0 Å². The Morgan fingerprint density at radius 1 is 1.43 bits per heavy atom. The van der Waals surface area contributed by atoms with Crippen LogP contribution in [0.25, 0.3) is 5.65 Å². The van der Waals surface area contributed by atoms with Crippen molar-refractivity contribution in [3.8, 4) is 0 Å². The lowest BCUT2D eigenvalue weighted by Crippen LogP contribution is -2.39. The number of aromatic carboxylic acids is 1. The fraction of sp³-hybridized carbons (Fsp3) is 0.467. The number of carbonyl (C=O) groups is 1. The highest BCUT2D eigenvalue weighted by Gasteiger charge is 2.34. The molecule has 3 rings (SSSR count). The summed E-state index contributed by atoms with van der Waals surface area (Å²) in [5, 5.41) is 20.0. The highest BCUT2D eigenvalue weighted by atomic mass is 16.4. The zero-order valence-corrected chi connectivity index (χ0v) is 12.0. The molecule has 0 amide bonds. The number of rotatable bonds is 4. The van der Waals surface area contributed by atoms with Crippen LogP contribution in [0.5, 0.6) is 0 Å². The summed E-state index contributed by atoms with van der Waals surface area (Å²) in [6.07, 6.45) is 5.23. The number of carboxylic acids is 1. The topological polar surface area (TPSA) is 78.1 Å². The van der Waals surface area contributed by atoms with Gasteiger partial charge in [-0.1, -0.05) is 18.9 Å². The molecular formula is C15H19N3O3. The van der Waals surface area contributed by atoms with E-state index in [4.69, 9.17) is 0 Å². The summed E-state index contributed by atoms with van der Waals surface area (Å²) < 4.78 is 1.56. The monoisotopic (exact) mass is 289 g/mol. The van der Waals surface area contributed by atoms with Gasteiger partial charge in [0, 0.05) is 19.8 Å². The fourth-order valence-corrected chi connectivity index (χ4v) is 3.16. The van der Waals surface area contributed by atoms with E-state index in [1.54, 1.807) is 34.7 Å². The molecule has 21 heavy (non-hydrogen) atoms. The first kappa shape index (κ1) is 13.9. The molecule has 112 valence electrons. The van der Waals surface area contributed by atoms with E-state index < -0.39 is 11.6 Å². The summed E-state index contributed by atoms with van der Waals surface area (Å²) >= 11 is 0. The van der Waals surface area contributed by atoms with E-state index in [9.17, 15) is 15.0 Å². The van der Waals surface area contributed by atoms with Gasteiger partial charge < -0.3 is 15.1 Å². The van der Waals surface area contributed by atoms with Crippen LogP contribution in [0.3, 0.4) is 0 Å². The highest BCUT2D eigenvalue weighted by molar-refractivity contribution is 5.93. The summed E-state index contributed by atoms with van der Waals surface area (Å²) in [5.41, 5.74) is -0.00907. The van der Waals surface area contributed by atoms with Crippen molar-refractivity contribution < 1.29 is 15.0 Å². The zero-order valence-electron chi connectivity index (χ0n) is 12.0. The Morgan fingerprint density at radius 2 is 2.14 bits per heavy atom. The number of likely N-dealkylation sites (N-methyl/N-ethyl adjacent to an activating group) is 1. The highest BCUT2D eigenvalue weighted by Crippen LogP contribution is 2.32. The molecule has 0 aromatic carbocycles. The van der Waals surface area contributed by atoms with E-state index in [2.05, 4.69) is 4.98 Å². The van der Waals surface area contributed by atoms with Crippen LogP contribution < -0.4 is 4.90 Å². The lowest BCUT2D eigenvalue weighted by molar-refractivity contribution is 0.0553. The Hall–Kier alpha value is -2.08. The second kappa shape index (κ2) is 5.04. The maximum Gasteiger partial charge on any atom is 0.356 e. The minimum absolute atomic E-state index is 0.134. The van der Waals surface area contributed by atoms with Gasteiger partial charge in [-0.25, -0.2) is 9.78 Å². The Kier molecular flexibility index (Phi) is 3.33. The summed E-state index contributed by atoms with van der Waals surface area (Å²) in [7, 11) is 1.78. The van der Waals surface area contributed by atoms with Crippen LogP contribution in [0.2, 0.25) is 0 Å². The Labute approximate surface area is 122 Å². The molecule has 2 aromatic heterocycles. The SMILES string of the molecule is CN(CC1(O)CCCC1)c1nc2ccccn2c1C(=O)O. The molecule has 2 heterocycles. The van der Waals surface area contributed by atoms with Gasteiger partial charge in [-0.05, 0) is 25.0 Å². The minimum Gasteiger partial charge on any atom is -0.476 e. The van der Waals surface area contributed by atoms with Gasteiger partial charge in [-0.3, -0.25) is 4.40 Å². The molecular weight excluding hydrogens is 270 g/mol. The maximum atomic E-state index is 11.6. The van der Waals surface area contributed by atoms with Crippen LogP contribution in [0.15, 0.2) is 24.4 Å². The molecule has 0 bridgehead atoms. The summed E-state index contributed by atoms with van der Waals surface area (Å²) in [4.78, 5) is 17.7. The van der Waals surface area contributed by atoms with Crippen LogP contribution in [-0.2, 0) is 0 Å². The van der Waals surface area contributed by atoms with Crippen molar-refractivity contribution in [3.63, 3.8) is 0 Å². The van der Waals surface area contributed by atoms with Crippen molar-refractivity contribution in [1.29, 1.82) is 0 Å². The number of nitrogens with zero attached hydrogens (tertiary/aromatic N) is 3. The third-order valence-electron chi connectivity index (χ3n) is 4.14. The molecule has 1 saturated carbocycles. The molecule has 0 spiro atoms. The van der Waals surface area contributed by atoms with Crippen molar-refractivity contribution >= 4 is 17.4 Å². The predicted octanol–water partition coefficient (Wildman–Crippen LogP) is 1.77. The first-order valence-corrected chi connectivity index (χ1v) is 7.14. The van der Waals surface area contributed by atoms with E-state index in [0.717, 1.165) is 25.7 Å². The molecule has 0 radical (unpaired) electrons. The van der Waals surface area contributed by atoms with Crippen LogP contribution in [-0.4, -0.2) is 44.8 Å². The summed E-state index contributed by atoms with van der Waals surface area (Å²) in [6.45, 7) is 0.400. The molecule has 0 atom stereocenters. The quantitative estimate of drug-likeness (QED) is 0.897. The number of fused-ring (bicyclic) bond motifs is 1. The van der Waals surface area contributed by atoms with E-state index in [1.165, 1.54) is 0 Å². The summed E-state index contributed by atoms with van der Waals surface area (Å²) in [6, 6.07) is 5.37. The van der Waals surface area contributed by atoms with Crippen LogP contribution in [0.1, 0.15) is 36.2 Å². The van der Waals surface area contributed by atoms with E-state index in [0.29, 0.717) is 18.0 Å². The van der Waals surface area contributed by atoms with Crippen molar-refractivity contribution in [1.82, 2.24) is 9.38 Å². The Balaban J connectivity index is 1.99. The number of aliphatic hydroxyl groups is 1. The van der Waals surface area contributed by atoms with Gasteiger partial charge in [0.1, 0.15) is 5.65 Å². The van der Waals surface area contributed by atoms with Crippen molar-refractivity contribution in [2.75, 3.05) is 18.5 Å². The second-order valence-corrected chi connectivity index (χ2v) is 5.81. The third-order valence-corrected chi connectivity index (χ3v) is 4.14. The predicted molar refractivity (Wildman–Crippen MR) is 78.8 cm³/mol. The second-order valence-electron chi connectivity index (χ2n) is 5.81. The Morgan fingerprint density at radius 3 is 2.81 bits per heavy atom. The van der Waals surface area contributed by atoms with E-state index in [1.807, 2.05) is 6.07 Å². The average molecular weight is 289 g/mol. The number of aromatic nitrogens is 2. The molecule has 2 aromatic rings. The number of hydrogen-bond donors (Lipinski definition) is 2. The van der Waals surface area contributed by atoms with Crippen LogP contribution in [0.4, 0.5) is 5.82 Å². The largest absolute Gasteiger partial charge is 0.476 e. The van der Waals surface area contributed by atoms with Crippen LogP contribution in [0, 0.1) is 0 Å². The smallest absolute Gasteiger partial charge is 0.356 e. The van der Waals surface area contributed by atoms with Gasteiger partial charge in [-0.2, -0.15) is 0 Å². The zero-order chi connectivity index (χ0) is 15.0. The summed E-state index contributed by atoms with van der Waals surface area (Å²) in [5.74, 6) is -0.622. The molecule has 2 N–H and O–H groups in total. The van der Waals surface area contributed by atoms with Gasteiger partial charge >= 0.3 is 5.97 Å². The lowest BCUT2D eigenvalue weighted by atomic mass is 10.0. The van der Waals surface area contributed by atoms with Gasteiger partial charge in [0.05, 0.1) is 5.60 Å². The van der Waals surface area contributed by atoms with Gasteiger partial charge in [0.2, 0.25) is 0 Å². The number of anilines is 1. The minimum atomic E-state index is -1.02. The molecule has 0 saturated heterocycles. The van der Waals surface area contributed by atoms with Crippen LogP contribution >= 0.6 is 0 Å². The molecule has 1 aliphatic carbocycles. The molecule has 6 heteroatoms. The van der Waals surface area contributed by atoms with Crippen molar-refractivity contribution in [3.05, 3.63) is 30.1 Å². The molecule has 0 aliphatic heterocycles. The standard InChI is InChI=1S/C15H19N3O3/c1-17(10-15(21)7-3-4-8-15)13-12(14(19)20)18-9-5-2-6-11(18)16-13/h2,5-6,9,21H,3-4,7-8,10H2,1H3,(H,19,20). The normalized spacial score (nSPS) is 17.2. The number of hydrogen-bond acceptors (Lipinski definition) is 4. The fourth-order valence-electron chi connectivity index (χ4n) is 3.16. The molecule has 1 aliphatic rings. The van der Waals surface area contributed by atoms with Gasteiger partial charge in [-0.15, -0.1) is 0 Å². The molecule has 0 unspecified atom stereocenters. The number of imidazole rings is 1. The average Bonchev–Trinajstić information content (AvgIpc) is 3.02. The molecule has 1 fully saturated rings. The first-order valence-electron chi connectivity index (χ1n) is 7.14. The third kappa shape index (κ3) is 2.47. The van der Waals surface area contributed by atoms with E-state index in [-0.39, 0.29) is 5.69 Å². The number of carboxylic acid groups (broad SMARTS) is 1. The molecule has 6 nitrogen and oxygen atoms in total. The maximum absolute atomic E-state index is 11.6. The van der Waals surface area contributed by atoms with Gasteiger partial charge in [0.15, 0.2) is 11.5 Å². The Bertz CT molecular complexity index is 674. The van der Waals surface area contributed by atoms with Crippen molar-refractivity contribution in [2.45, 2.75) is 31.3 Å². The lowest BCUT2D eigenvalue weighted by Gasteiger charge is -2.28.